The Balaban J connectivity index is 0.00000220. The first-order valence-corrected chi connectivity index (χ1v) is 6.76. The molecule has 2 rings (SSSR count). The fourth-order valence-electron chi connectivity index (χ4n) is 2.29. The third-order valence-corrected chi connectivity index (χ3v) is 3.79. The molecule has 0 aromatic heterocycles. The molecule has 0 saturated carbocycles. The number of nitrogens with one attached hydrogen (secondary N) is 1. The Hall–Kier alpha value is -0.440. The Labute approximate surface area is 133 Å². The van der Waals surface area contributed by atoms with Crippen molar-refractivity contribution >= 4 is 28.3 Å². The predicted octanol–water partition coefficient (Wildman–Crippen LogP) is 3.66. The average Bonchev–Trinajstić information content (AvgIpc) is 2.39. The van der Waals surface area contributed by atoms with E-state index in [-0.39, 0.29) is 30.0 Å². The van der Waals surface area contributed by atoms with Crippen LogP contribution in [-0.2, 0) is 0 Å². The van der Waals surface area contributed by atoms with Gasteiger partial charge in [-0.2, -0.15) is 13.2 Å². The van der Waals surface area contributed by atoms with E-state index in [4.69, 9.17) is 0 Å². The highest BCUT2D eigenvalue weighted by Gasteiger charge is 2.47. The minimum absolute atomic E-state index is 0. The molecule has 2 nitrogen and oxygen atoms in total. The second-order valence-electron chi connectivity index (χ2n) is 4.49. The number of benzene rings is 1. The van der Waals surface area contributed by atoms with E-state index in [2.05, 4.69) is 21.2 Å². The Morgan fingerprint density at radius 2 is 1.71 bits per heavy atom. The van der Waals surface area contributed by atoms with Crippen LogP contribution in [0, 0.1) is 11.6 Å². The van der Waals surface area contributed by atoms with Gasteiger partial charge >= 0.3 is 6.18 Å². The fraction of sp³-hybridized carbons (Fsp3) is 0.500. The zero-order valence-electron chi connectivity index (χ0n) is 10.7. The first-order chi connectivity index (χ1) is 9.32. The number of piperazine rings is 1. The number of rotatable bonds is 2. The second-order valence-corrected chi connectivity index (χ2v) is 5.34. The lowest BCUT2D eigenvalue weighted by molar-refractivity contribution is -0.189. The molecule has 0 unspecified atom stereocenters. The molecule has 0 radical (unpaired) electrons. The van der Waals surface area contributed by atoms with Gasteiger partial charge in [0.15, 0.2) is 0 Å². The molecular weight excluding hydrogens is 382 g/mol. The lowest BCUT2D eigenvalue weighted by Gasteiger charge is -2.36. The van der Waals surface area contributed by atoms with Crippen LogP contribution in [0.5, 0.6) is 0 Å². The van der Waals surface area contributed by atoms with Crippen molar-refractivity contribution in [3.05, 3.63) is 33.8 Å². The number of halogens is 7. The van der Waals surface area contributed by atoms with Gasteiger partial charge in [0.2, 0.25) is 0 Å². The van der Waals surface area contributed by atoms with Crippen molar-refractivity contribution in [3.63, 3.8) is 0 Å². The van der Waals surface area contributed by atoms with Crippen LogP contribution in [0.25, 0.3) is 0 Å². The molecule has 1 aromatic carbocycles. The van der Waals surface area contributed by atoms with Gasteiger partial charge in [-0.25, -0.2) is 8.78 Å². The molecule has 1 fully saturated rings. The topological polar surface area (TPSA) is 15.3 Å². The summed E-state index contributed by atoms with van der Waals surface area (Å²) in [5.74, 6) is -2.39. The van der Waals surface area contributed by atoms with Crippen LogP contribution in [0.2, 0.25) is 0 Å². The van der Waals surface area contributed by atoms with Crippen molar-refractivity contribution < 1.29 is 22.0 Å². The first-order valence-electron chi connectivity index (χ1n) is 5.97. The SMILES string of the molecule is Cl.Fc1ccc(Br)c(F)c1[C@H](N1CCNCC1)C(F)(F)F. The molecule has 1 aliphatic heterocycles. The molecule has 1 atom stereocenters. The van der Waals surface area contributed by atoms with E-state index >= 15 is 0 Å². The quantitative estimate of drug-likeness (QED) is 0.607. The third-order valence-electron chi connectivity index (χ3n) is 3.18. The molecule has 120 valence electrons. The summed E-state index contributed by atoms with van der Waals surface area (Å²) >= 11 is 2.80. The molecule has 1 aliphatic rings. The van der Waals surface area contributed by atoms with Crippen molar-refractivity contribution in [1.29, 1.82) is 0 Å². The largest absolute Gasteiger partial charge is 0.408 e. The number of nitrogens with zero attached hydrogens (tertiary/aromatic N) is 1. The lowest BCUT2D eigenvalue weighted by Crippen LogP contribution is -2.49. The van der Waals surface area contributed by atoms with E-state index in [1.165, 1.54) is 0 Å². The first kappa shape index (κ1) is 18.6. The molecule has 0 bridgehead atoms. The van der Waals surface area contributed by atoms with Gasteiger partial charge in [0.1, 0.15) is 17.7 Å². The Bertz CT molecular complexity index is 491. The van der Waals surface area contributed by atoms with Crippen LogP contribution in [0.1, 0.15) is 11.6 Å². The maximum atomic E-state index is 14.0. The summed E-state index contributed by atoms with van der Waals surface area (Å²) in [5.41, 5.74) is -0.950. The van der Waals surface area contributed by atoms with Gasteiger partial charge in [-0.1, -0.05) is 0 Å². The van der Waals surface area contributed by atoms with Crippen LogP contribution < -0.4 is 5.32 Å². The van der Waals surface area contributed by atoms with Crippen LogP contribution in [-0.4, -0.2) is 37.3 Å². The smallest absolute Gasteiger partial charge is 0.314 e. The van der Waals surface area contributed by atoms with E-state index < -0.39 is 29.4 Å². The summed E-state index contributed by atoms with van der Waals surface area (Å²) in [6, 6.07) is -0.384. The maximum absolute atomic E-state index is 14.0. The molecule has 0 amide bonds. The predicted molar refractivity (Wildman–Crippen MR) is 74.5 cm³/mol. The van der Waals surface area contributed by atoms with Crippen molar-refractivity contribution in [3.8, 4) is 0 Å². The van der Waals surface area contributed by atoms with Crippen LogP contribution in [0.4, 0.5) is 22.0 Å². The summed E-state index contributed by atoms with van der Waals surface area (Å²) in [4.78, 5) is 1.05. The standard InChI is InChI=1S/C12H12BrF5N2.ClH/c13-7-1-2-8(14)9(10(7)15)11(12(16,17)18)20-5-3-19-4-6-20;/h1-2,11,19H,3-6H2;1H/t11-;/m0./s1. The summed E-state index contributed by atoms with van der Waals surface area (Å²) in [6.07, 6.45) is -4.75. The van der Waals surface area contributed by atoms with E-state index in [9.17, 15) is 22.0 Å². The van der Waals surface area contributed by atoms with E-state index in [0.29, 0.717) is 13.1 Å². The highest BCUT2D eigenvalue weighted by Crippen LogP contribution is 2.41. The van der Waals surface area contributed by atoms with Crippen molar-refractivity contribution in [1.82, 2.24) is 10.2 Å². The van der Waals surface area contributed by atoms with E-state index in [1.54, 1.807) is 0 Å². The molecule has 1 saturated heterocycles. The number of alkyl halides is 3. The zero-order chi connectivity index (χ0) is 14.9. The molecule has 0 aliphatic carbocycles. The minimum Gasteiger partial charge on any atom is -0.314 e. The molecule has 9 heteroatoms. The van der Waals surface area contributed by atoms with Crippen LogP contribution in [0.3, 0.4) is 0 Å². The van der Waals surface area contributed by atoms with Gasteiger partial charge < -0.3 is 5.32 Å². The highest BCUT2D eigenvalue weighted by molar-refractivity contribution is 9.10. The zero-order valence-corrected chi connectivity index (χ0v) is 13.1. The maximum Gasteiger partial charge on any atom is 0.408 e. The van der Waals surface area contributed by atoms with Gasteiger partial charge in [0.25, 0.3) is 0 Å². The summed E-state index contributed by atoms with van der Waals surface area (Å²) in [7, 11) is 0. The van der Waals surface area contributed by atoms with Gasteiger partial charge in [0, 0.05) is 26.2 Å². The van der Waals surface area contributed by atoms with Gasteiger partial charge in [-0.15, -0.1) is 12.4 Å². The molecule has 1 heterocycles. The fourth-order valence-corrected chi connectivity index (χ4v) is 2.63. The minimum atomic E-state index is -4.75. The summed E-state index contributed by atoms with van der Waals surface area (Å²) in [6.45, 7) is 0.860. The van der Waals surface area contributed by atoms with Crippen molar-refractivity contribution in [2.75, 3.05) is 26.2 Å². The van der Waals surface area contributed by atoms with Gasteiger partial charge in [-0.05, 0) is 28.1 Å². The van der Waals surface area contributed by atoms with Crippen molar-refractivity contribution in [2.45, 2.75) is 12.2 Å². The summed E-state index contributed by atoms with van der Waals surface area (Å²) in [5, 5.41) is 2.91. The van der Waals surface area contributed by atoms with E-state index in [0.717, 1.165) is 17.0 Å². The highest BCUT2D eigenvalue weighted by atomic mass is 79.9. The average molecular weight is 396 g/mol. The monoisotopic (exact) mass is 394 g/mol. The normalized spacial score (nSPS) is 18.2. The van der Waals surface area contributed by atoms with Gasteiger partial charge in [-0.3, -0.25) is 4.90 Å². The molecule has 1 aromatic rings. The second kappa shape index (κ2) is 7.21. The Morgan fingerprint density at radius 3 is 2.24 bits per heavy atom. The summed E-state index contributed by atoms with van der Waals surface area (Å²) < 4.78 is 67.4. The van der Waals surface area contributed by atoms with E-state index in [1.807, 2.05) is 0 Å². The third kappa shape index (κ3) is 4.06. The Morgan fingerprint density at radius 1 is 1.14 bits per heavy atom. The lowest BCUT2D eigenvalue weighted by atomic mass is 10.0. The molecular formula is C12H13BrClF5N2. The number of hydrogen-bond acceptors (Lipinski definition) is 2. The van der Waals surface area contributed by atoms with Crippen LogP contribution >= 0.6 is 28.3 Å². The van der Waals surface area contributed by atoms with Crippen molar-refractivity contribution in [2.24, 2.45) is 0 Å². The number of hydrogen-bond donors (Lipinski definition) is 1. The van der Waals surface area contributed by atoms with Gasteiger partial charge in [0.05, 0.1) is 10.0 Å². The molecule has 21 heavy (non-hydrogen) atoms. The van der Waals surface area contributed by atoms with Crippen LogP contribution in [0.15, 0.2) is 16.6 Å². The Kier molecular flexibility index (Phi) is 6.39. The molecule has 1 N–H and O–H groups in total. The molecule has 0 spiro atoms.